The molecule has 0 N–H and O–H groups in total. The minimum absolute atomic E-state index is 0.0963. The highest BCUT2D eigenvalue weighted by atomic mass is 16.6. The third kappa shape index (κ3) is 12.9. The minimum atomic E-state index is -0.646. The zero-order valence-electron chi connectivity index (χ0n) is 30.6. The largest absolute Gasteiger partial charge is 0.660 e. The molecule has 2 saturated carbocycles. The molecule has 3 aromatic carbocycles. The molecule has 0 aliphatic heterocycles. The Morgan fingerprint density at radius 3 is 1.38 bits per heavy atom. The summed E-state index contributed by atoms with van der Waals surface area (Å²) in [5.41, 5.74) is 0.344. The number of carbonyl (C=O) groups excluding carboxylic acids is 5. The second-order valence-corrected chi connectivity index (χ2v) is 13.0. The molecule has 284 valence electrons. The van der Waals surface area contributed by atoms with Gasteiger partial charge in [-0.25, -0.2) is 9.59 Å². The van der Waals surface area contributed by atoms with Crippen molar-refractivity contribution in [3.8, 4) is 34.5 Å². The summed E-state index contributed by atoms with van der Waals surface area (Å²) in [7, 11) is 5.25. The van der Waals surface area contributed by atoms with Crippen molar-refractivity contribution < 1.29 is 61.4 Å². The smallest absolute Gasteiger partial charge is 0.563 e. The van der Waals surface area contributed by atoms with E-state index in [-0.39, 0.29) is 35.4 Å². The van der Waals surface area contributed by atoms with Crippen LogP contribution < -0.4 is 28.1 Å². The zero-order valence-corrected chi connectivity index (χ0v) is 30.6. The third-order valence-corrected chi connectivity index (χ3v) is 9.22. The van der Waals surface area contributed by atoms with Crippen LogP contribution in [0.15, 0.2) is 92.0 Å². The predicted molar refractivity (Wildman–Crippen MR) is 206 cm³/mol. The van der Waals surface area contributed by atoms with E-state index in [1.165, 1.54) is 0 Å². The van der Waals surface area contributed by atoms with Gasteiger partial charge in [-0.3, -0.25) is 14.4 Å². The summed E-state index contributed by atoms with van der Waals surface area (Å²) >= 11 is 0. The van der Waals surface area contributed by atoms with E-state index in [4.69, 9.17) is 28.1 Å². The monoisotopic (exact) mass is 758 g/mol. The maximum absolute atomic E-state index is 12.8. The highest BCUT2D eigenvalue weighted by molar-refractivity contribution is 6.31. The summed E-state index contributed by atoms with van der Waals surface area (Å²) in [6.45, 7) is 6.59. The number of hydrogen-bond acceptors (Lipinski definition) is 13. The Morgan fingerprint density at radius 1 is 0.536 bits per heavy atom. The topological polar surface area (TPSA) is 159 Å². The van der Waals surface area contributed by atoms with E-state index in [1.807, 2.05) is 0 Å². The molecule has 3 aromatic rings. The lowest BCUT2D eigenvalue weighted by Gasteiger charge is -2.26. The molecular weight excluding hydrogens is 720 g/mol. The molecule has 0 atom stereocenters. The summed E-state index contributed by atoms with van der Waals surface area (Å²) in [6, 6.07) is 17.7. The molecule has 4 radical (unpaired) electrons. The maximum atomic E-state index is 12.8. The Balaban J connectivity index is 0.969. The van der Waals surface area contributed by atoms with Crippen molar-refractivity contribution in [1.82, 2.24) is 0 Å². The van der Waals surface area contributed by atoms with E-state index < -0.39 is 11.9 Å². The van der Waals surface area contributed by atoms with Gasteiger partial charge in [0.1, 0.15) is 28.7 Å². The molecular formula is C39H38B4O13. The van der Waals surface area contributed by atoms with Crippen LogP contribution in [-0.2, 0) is 28.5 Å². The fraction of sp³-hybridized carbons (Fsp3) is 0.308. The maximum Gasteiger partial charge on any atom is 0.660 e. The van der Waals surface area contributed by atoms with E-state index in [0.717, 1.165) is 53.2 Å². The molecule has 13 nitrogen and oxygen atoms in total. The second kappa shape index (κ2) is 21.3. The molecule has 0 bridgehead atoms. The first-order valence-electron chi connectivity index (χ1n) is 18.1. The van der Waals surface area contributed by atoms with Crippen molar-refractivity contribution in [2.75, 3.05) is 0 Å². The molecule has 2 aliphatic carbocycles. The van der Waals surface area contributed by atoms with Crippen molar-refractivity contribution in [2.45, 2.75) is 63.0 Å². The van der Waals surface area contributed by atoms with Crippen LogP contribution in [0.3, 0.4) is 0 Å². The SMILES string of the molecule is C=CC(=O)O[B]Oc1ccc(OC(=O)C2CCC([B]Oc3ccc(O[B]C4CCC(C(=O)Oc5ccc(O[B]OC(=O)C=C)cc5)CC4)c(C=O)c3)CC2)cc1. The van der Waals surface area contributed by atoms with Gasteiger partial charge < -0.3 is 37.4 Å². The Morgan fingerprint density at radius 2 is 0.946 bits per heavy atom. The zero-order chi connectivity index (χ0) is 39.7. The van der Waals surface area contributed by atoms with Gasteiger partial charge in [-0.2, -0.15) is 0 Å². The molecule has 5 rings (SSSR count). The summed E-state index contributed by atoms with van der Waals surface area (Å²) in [5.74, 6) is 0.274. The molecule has 0 unspecified atom stereocenters. The lowest BCUT2D eigenvalue weighted by molar-refractivity contribution is -0.140. The lowest BCUT2D eigenvalue weighted by atomic mass is 9.67. The van der Waals surface area contributed by atoms with Gasteiger partial charge in [0.25, 0.3) is 0 Å². The number of benzene rings is 3. The Hall–Kier alpha value is -5.85. The number of aldehydes is 1. The van der Waals surface area contributed by atoms with E-state index in [1.54, 1.807) is 81.7 Å². The van der Waals surface area contributed by atoms with Gasteiger partial charge in [0.15, 0.2) is 6.29 Å². The number of esters is 2. The lowest BCUT2D eigenvalue weighted by Crippen LogP contribution is -2.27. The average Bonchev–Trinajstić information content (AvgIpc) is 3.23. The first-order valence-corrected chi connectivity index (χ1v) is 18.1. The number of hydrogen-bond donors (Lipinski definition) is 0. The van der Waals surface area contributed by atoms with Crippen LogP contribution in [0.2, 0.25) is 11.6 Å². The van der Waals surface area contributed by atoms with Crippen LogP contribution in [-0.4, -0.2) is 60.5 Å². The van der Waals surface area contributed by atoms with E-state index in [2.05, 4.69) is 22.5 Å². The Bertz CT molecular complexity index is 1820. The van der Waals surface area contributed by atoms with Gasteiger partial charge >= 0.3 is 54.2 Å². The van der Waals surface area contributed by atoms with Crippen LogP contribution in [0, 0.1) is 11.8 Å². The van der Waals surface area contributed by atoms with Crippen molar-refractivity contribution in [3.63, 3.8) is 0 Å². The molecule has 2 fully saturated rings. The van der Waals surface area contributed by atoms with Gasteiger partial charge in [0.2, 0.25) is 0 Å². The number of carbonyl (C=O) groups is 5. The predicted octanol–water partition coefficient (Wildman–Crippen LogP) is 5.95. The standard InChI is InChI=1S/C39H38B4O13/c1-3-36(45)55-42-52-32-17-13-30(14-18-32)49-38(47)25-5-9-28(10-6-25)40-51-34-21-22-35(27(23-34)24-44)54-41-29-11-7-26(8-12-29)39(48)50-31-15-19-33(20-16-31)53-43-56-37(46)4-2/h3-4,13-26,28-29H,1-2,5-12H2. The summed E-state index contributed by atoms with van der Waals surface area (Å²) in [4.78, 5) is 59.6. The van der Waals surface area contributed by atoms with E-state index in [9.17, 15) is 24.0 Å². The Labute approximate surface area is 328 Å². The molecule has 0 saturated heterocycles. The molecule has 17 heteroatoms. The van der Waals surface area contributed by atoms with Gasteiger partial charge in [-0.05, 0) is 104 Å². The average molecular weight is 758 g/mol. The summed E-state index contributed by atoms with van der Waals surface area (Å²) < 4.78 is 42.6. The fourth-order valence-electron chi connectivity index (χ4n) is 6.05. The third-order valence-electron chi connectivity index (χ3n) is 9.22. The molecule has 56 heavy (non-hydrogen) atoms. The normalized spacial score (nSPS) is 18.6. The minimum Gasteiger partial charge on any atom is -0.563 e. The van der Waals surface area contributed by atoms with Crippen molar-refractivity contribution in [3.05, 3.63) is 97.6 Å². The van der Waals surface area contributed by atoms with Gasteiger partial charge in [-0.15, -0.1) is 0 Å². The van der Waals surface area contributed by atoms with E-state index >= 15 is 0 Å². The quantitative estimate of drug-likeness (QED) is 0.0465. The molecule has 0 heterocycles. The van der Waals surface area contributed by atoms with Crippen LogP contribution in [0.4, 0.5) is 0 Å². The van der Waals surface area contributed by atoms with Crippen molar-refractivity contribution in [2.24, 2.45) is 11.8 Å². The van der Waals surface area contributed by atoms with Crippen molar-refractivity contribution in [1.29, 1.82) is 0 Å². The highest BCUT2D eigenvalue weighted by Gasteiger charge is 2.31. The Kier molecular flexibility index (Phi) is 15.7. The van der Waals surface area contributed by atoms with Gasteiger partial charge in [0.05, 0.1) is 23.1 Å². The first kappa shape index (κ1) is 41.3. The van der Waals surface area contributed by atoms with Crippen molar-refractivity contribution >= 4 is 60.5 Å². The second-order valence-electron chi connectivity index (χ2n) is 13.0. The molecule has 0 aromatic heterocycles. The van der Waals surface area contributed by atoms with Crippen LogP contribution in [0.5, 0.6) is 34.5 Å². The summed E-state index contributed by atoms with van der Waals surface area (Å²) in [6.07, 6.45) is 8.19. The fourth-order valence-corrected chi connectivity index (χ4v) is 6.05. The van der Waals surface area contributed by atoms with E-state index in [0.29, 0.717) is 72.0 Å². The van der Waals surface area contributed by atoms with Gasteiger partial charge in [-0.1, -0.05) is 38.8 Å². The summed E-state index contributed by atoms with van der Waals surface area (Å²) in [5, 5.41) is 0. The van der Waals surface area contributed by atoms with Gasteiger partial charge in [0, 0.05) is 12.2 Å². The number of ether oxygens (including phenoxy) is 2. The highest BCUT2D eigenvalue weighted by Crippen LogP contribution is 2.36. The number of rotatable bonds is 19. The van der Waals surface area contributed by atoms with Crippen LogP contribution in [0.1, 0.15) is 61.7 Å². The van der Waals surface area contributed by atoms with Crippen LogP contribution >= 0.6 is 0 Å². The van der Waals surface area contributed by atoms with Crippen LogP contribution in [0.25, 0.3) is 0 Å². The molecule has 2 aliphatic rings. The molecule has 0 amide bonds. The molecule has 0 spiro atoms. The first-order chi connectivity index (χ1) is 27.2.